The molecule has 100 valence electrons. The van der Waals surface area contributed by atoms with E-state index >= 15 is 0 Å². The predicted molar refractivity (Wildman–Crippen MR) is 68.8 cm³/mol. The Morgan fingerprint density at radius 3 is 2.58 bits per heavy atom. The number of anilines is 1. The lowest BCUT2D eigenvalue weighted by molar-refractivity contribution is 0.0696. The van der Waals surface area contributed by atoms with E-state index in [2.05, 4.69) is 0 Å². The Kier molecular flexibility index (Phi) is 3.85. The number of furan rings is 1. The molecule has 0 aliphatic rings. The number of halogens is 1. The van der Waals surface area contributed by atoms with Crippen molar-refractivity contribution < 1.29 is 18.7 Å². The van der Waals surface area contributed by atoms with Crippen LogP contribution in [0.2, 0.25) is 0 Å². The van der Waals surface area contributed by atoms with Crippen LogP contribution in [0.15, 0.2) is 41.0 Å². The standard InChI is InChI=1S/C14H14FNO3/c1-2-16(12-5-3-11(15)4-6-12)8-13-7-10(9-19-13)14(17)18/h3-7,9H,2,8H2,1H3,(H,17,18). The van der Waals surface area contributed by atoms with Gasteiger partial charge < -0.3 is 14.4 Å². The van der Waals surface area contributed by atoms with Gasteiger partial charge in [-0.1, -0.05) is 0 Å². The first-order valence-electron chi connectivity index (χ1n) is 5.91. The van der Waals surface area contributed by atoms with Crippen molar-refractivity contribution >= 4 is 11.7 Å². The van der Waals surface area contributed by atoms with Crippen LogP contribution in [0, 0.1) is 5.82 Å². The van der Waals surface area contributed by atoms with Crippen molar-refractivity contribution in [2.45, 2.75) is 13.5 Å². The topological polar surface area (TPSA) is 53.7 Å². The molecule has 19 heavy (non-hydrogen) atoms. The number of aromatic carboxylic acids is 1. The summed E-state index contributed by atoms with van der Waals surface area (Å²) in [7, 11) is 0. The van der Waals surface area contributed by atoms with Crippen molar-refractivity contribution in [3.63, 3.8) is 0 Å². The van der Waals surface area contributed by atoms with E-state index in [4.69, 9.17) is 9.52 Å². The fraction of sp³-hybridized carbons (Fsp3) is 0.214. The molecule has 1 N–H and O–H groups in total. The van der Waals surface area contributed by atoms with Crippen LogP contribution < -0.4 is 4.90 Å². The summed E-state index contributed by atoms with van der Waals surface area (Å²) in [5.74, 6) is -0.741. The molecule has 0 aliphatic carbocycles. The third-order valence-corrected chi connectivity index (χ3v) is 2.82. The molecule has 0 amide bonds. The van der Waals surface area contributed by atoms with Crippen LogP contribution in [0.1, 0.15) is 23.0 Å². The highest BCUT2D eigenvalue weighted by Crippen LogP contribution is 2.18. The first-order chi connectivity index (χ1) is 9.10. The molecule has 0 spiro atoms. The average molecular weight is 263 g/mol. The number of hydrogen-bond acceptors (Lipinski definition) is 3. The molecule has 2 rings (SSSR count). The summed E-state index contributed by atoms with van der Waals surface area (Å²) in [6.07, 6.45) is 1.22. The number of rotatable bonds is 5. The van der Waals surface area contributed by atoms with E-state index < -0.39 is 5.97 Å². The van der Waals surface area contributed by atoms with Gasteiger partial charge in [-0.05, 0) is 37.3 Å². The molecule has 2 aromatic rings. The average Bonchev–Trinajstić information content (AvgIpc) is 2.86. The Balaban J connectivity index is 2.14. The molecule has 0 saturated heterocycles. The molecule has 0 fully saturated rings. The zero-order chi connectivity index (χ0) is 13.8. The Hall–Kier alpha value is -2.30. The van der Waals surface area contributed by atoms with Gasteiger partial charge in [-0.2, -0.15) is 0 Å². The fourth-order valence-electron chi connectivity index (χ4n) is 1.80. The second kappa shape index (κ2) is 5.56. The molecule has 5 heteroatoms. The lowest BCUT2D eigenvalue weighted by atomic mass is 10.2. The van der Waals surface area contributed by atoms with Gasteiger partial charge in [0.2, 0.25) is 0 Å². The lowest BCUT2D eigenvalue weighted by Gasteiger charge is -2.21. The largest absolute Gasteiger partial charge is 0.478 e. The third kappa shape index (κ3) is 3.13. The van der Waals surface area contributed by atoms with Gasteiger partial charge in [0.05, 0.1) is 12.1 Å². The molecule has 0 unspecified atom stereocenters. The minimum Gasteiger partial charge on any atom is -0.478 e. The minimum atomic E-state index is -1.01. The number of hydrogen-bond donors (Lipinski definition) is 1. The van der Waals surface area contributed by atoms with Gasteiger partial charge in [0, 0.05) is 12.2 Å². The van der Waals surface area contributed by atoms with E-state index in [-0.39, 0.29) is 11.4 Å². The summed E-state index contributed by atoms with van der Waals surface area (Å²) in [6, 6.07) is 7.64. The van der Waals surface area contributed by atoms with Crippen molar-refractivity contribution in [2.75, 3.05) is 11.4 Å². The maximum absolute atomic E-state index is 12.9. The summed E-state index contributed by atoms with van der Waals surface area (Å²) in [5.41, 5.74) is 0.988. The number of carboxylic acid groups (broad SMARTS) is 1. The molecular formula is C14H14FNO3. The molecule has 1 aromatic heterocycles. The van der Waals surface area contributed by atoms with Crippen molar-refractivity contribution in [3.05, 3.63) is 53.7 Å². The number of carbonyl (C=O) groups is 1. The first kappa shape index (κ1) is 13.1. The minimum absolute atomic E-state index is 0.130. The van der Waals surface area contributed by atoms with Crippen LogP contribution in [0.5, 0.6) is 0 Å². The summed E-state index contributed by atoms with van der Waals surface area (Å²) < 4.78 is 18.1. The Morgan fingerprint density at radius 2 is 2.05 bits per heavy atom. The van der Waals surface area contributed by atoms with E-state index in [1.807, 2.05) is 11.8 Å². The van der Waals surface area contributed by atoms with Gasteiger partial charge in [0.1, 0.15) is 17.8 Å². The van der Waals surface area contributed by atoms with Gasteiger partial charge in [-0.3, -0.25) is 0 Å². The molecule has 1 heterocycles. The third-order valence-electron chi connectivity index (χ3n) is 2.82. The number of carboxylic acids is 1. The highest BCUT2D eigenvalue weighted by molar-refractivity contribution is 5.87. The van der Waals surface area contributed by atoms with Crippen molar-refractivity contribution in [3.8, 4) is 0 Å². The second-order valence-corrected chi connectivity index (χ2v) is 4.10. The second-order valence-electron chi connectivity index (χ2n) is 4.10. The highest BCUT2D eigenvalue weighted by Gasteiger charge is 2.11. The van der Waals surface area contributed by atoms with E-state index in [0.29, 0.717) is 18.8 Å². The quantitative estimate of drug-likeness (QED) is 0.900. The van der Waals surface area contributed by atoms with Crippen LogP contribution in [-0.2, 0) is 6.54 Å². The Morgan fingerprint density at radius 1 is 1.37 bits per heavy atom. The van der Waals surface area contributed by atoms with Crippen LogP contribution in [0.25, 0.3) is 0 Å². The van der Waals surface area contributed by atoms with Crippen LogP contribution in [0.4, 0.5) is 10.1 Å². The molecule has 0 atom stereocenters. The number of nitrogens with zero attached hydrogens (tertiary/aromatic N) is 1. The zero-order valence-corrected chi connectivity index (χ0v) is 10.5. The predicted octanol–water partition coefficient (Wildman–Crippen LogP) is 3.14. The van der Waals surface area contributed by atoms with Crippen LogP contribution >= 0.6 is 0 Å². The van der Waals surface area contributed by atoms with E-state index in [9.17, 15) is 9.18 Å². The Labute approximate surface area is 110 Å². The van der Waals surface area contributed by atoms with Gasteiger partial charge in [0.15, 0.2) is 0 Å². The lowest BCUT2D eigenvalue weighted by Crippen LogP contribution is -2.21. The summed E-state index contributed by atoms with van der Waals surface area (Å²) in [5, 5.41) is 8.82. The molecule has 0 radical (unpaired) electrons. The molecule has 0 saturated carbocycles. The van der Waals surface area contributed by atoms with Crippen LogP contribution in [-0.4, -0.2) is 17.6 Å². The normalized spacial score (nSPS) is 10.4. The summed E-state index contributed by atoms with van der Waals surface area (Å²) >= 11 is 0. The van der Waals surface area contributed by atoms with Gasteiger partial charge in [0.25, 0.3) is 0 Å². The fourth-order valence-corrected chi connectivity index (χ4v) is 1.80. The molecular weight excluding hydrogens is 249 g/mol. The van der Waals surface area contributed by atoms with E-state index in [1.165, 1.54) is 24.5 Å². The van der Waals surface area contributed by atoms with E-state index in [1.54, 1.807) is 12.1 Å². The zero-order valence-electron chi connectivity index (χ0n) is 10.5. The molecule has 0 aliphatic heterocycles. The SMILES string of the molecule is CCN(Cc1cc(C(=O)O)co1)c1ccc(F)cc1. The van der Waals surface area contributed by atoms with Gasteiger partial charge in [-0.25, -0.2) is 9.18 Å². The summed E-state index contributed by atoms with van der Waals surface area (Å²) in [4.78, 5) is 12.7. The van der Waals surface area contributed by atoms with Crippen molar-refractivity contribution in [2.24, 2.45) is 0 Å². The first-order valence-corrected chi connectivity index (χ1v) is 5.91. The van der Waals surface area contributed by atoms with Crippen molar-refractivity contribution in [1.29, 1.82) is 0 Å². The van der Waals surface area contributed by atoms with Crippen LogP contribution in [0.3, 0.4) is 0 Å². The monoisotopic (exact) mass is 263 g/mol. The van der Waals surface area contributed by atoms with Crippen molar-refractivity contribution in [1.82, 2.24) is 0 Å². The molecule has 0 bridgehead atoms. The van der Waals surface area contributed by atoms with E-state index in [0.717, 1.165) is 5.69 Å². The molecule has 1 aromatic carbocycles. The molecule has 4 nitrogen and oxygen atoms in total. The maximum atomic E-state index is 12.9. The highest BCUT2D eigenvalue weighted by atomic mass is 19.1. The summed E-state index contributed by atoms with van der Waals surface area (Å²) in [6.45, 7) is 3.11. The Bertz CT molecular complexity index is 562. The maximum Gasteiger partial charge on any atom is 0.338 e. The van der Waals surface area contributed by atoms with Gasteiger partial charge >= 0.3 is 5.97 Å². The van der Waals surface area contributed by atoms with Gasteiger partial charge in [-0.15, -0.1) is 0 Å². The smallest absolute Gasteiger partial charge is 0.338 e. The number of benzene rings is 1.